The van der Waals surface area contributed by atoms with Gasteiger partial charge in [-0.1, -0.05) is 0 Å². The van der Waals surface area contributed by atoms with Crippen LogP contribution in [0.2, 0.25) is 0 Å². The summed E-state index contributed by atoms with van der Waals surface area (Å²) in [6.07, 6.45) is 0.693. The zero-order chi connectivity index (χ0) is 15.8. The Morgan fingerprint density at radius 1 is 1.38 bits per heavy atom. The molecule has 0 spiro atoms. The van der Waals surface area contributed by atoms with E-state index in [2.05, 4.69) is 10.4 Å². The van der Waals surface area contributed by atoms with Gasteiger partial charge in [-0.3, -0.25) is 4.68 Å². The Kier molecular flexibility index (Phi) is 4.16. The lowest BCUT2D eigenvalue weighted by Gasteiger charge is -2.24. The summed E-state index contributed by atoms with van der Waals surface area (Å²) in [5, 5.41) is 7.92. The molecule has 1 atom stereocenters. The van der Waals surface area contributed by atoms with Crippen LogP contribution in [0, 0.1) is 13.8 Å². The van der Waals surface area contributed by atoms with Crippen LogP contribution in [0.3, 0.4) is 0 Å². The first-order valence-electron chi connectivity index (χ1n) is 7.42. The molecule has 0 radical (unpaired) electrons. The monoisotopic (exact) mass is 294 g/mol. The van der Waals surface area contributed by atoms with Gasteiger partial charge in [0.2, 0.25) is 0 Å². The van der Waals surface area contributed by atoms with Crippen LogP contribution in [0.15, 0.2) is 0 Å². The van der Waals surface area contributed by atoms with E-state index in [0.717, 1.165) is 30.0 Å². The number of carbonyl (C=O) groups excluding carboxylic acids is 1. The maximum atomic E-state index is 12.1. The number of aryl methyl sites for hydroxylation is 2. The van der Waals surface area contributed by atoms with Gasteiger partial charge in [-0.15, -0.1) is 0 Å². The van der Waals surface area contributed by atoms with Crippen molar-refractivity contribution in [2.75, 3.05) is 18.4 Å². The Morgan fingerprint density at radius 2 is 2.05 bits per heavy atom. The lowest BCUT2D eigenvalue weighted by Crippen LogP contribution is -2.36. The highest BCUT2D eigenvalue weighted by Gasteiger charge is 2.30. The quantitative estimate of drug-likeness (QED) is 0.910. The first kappa shape index (κ1) is 15.7. The molecular weight excluding hydrogens is 268 g/mol. The van der Waals surface area contributed by atoms with Gasteiger partial charge in [-0.25, -0.2) is 4.79 Å². The zero-order valence-electron chi connectivity index (χ0n) is 13.9. The minimum absolute atomic E-state index is 0.230. The van der Waals surface area contributed by atoms with Crippen molar-refractivity contribution in [2.45, 2.75) is 52.7 Å². The van der Waals surface area contributed by atoms with Crippen molar-refractivity contribution in [3.63, 3.8) is 0 Å². The van der Waals surface area contributed by atoms with Gasteiger partial charge in [-0.2, -0.15) is 5.10 Å². The average Bonchev–Trinajstić information content (AvgIpc) is 2.89. The molecule has 1 aliphatic rings. The highest BCUT2D eigenvalue weighted by Crippen LogP contribution is 2.23. The van der Waals surface area contributed by atoms with Crippen molar-refractivity contribution in [1.82, 2.24) is 14.7 Å². The van der Waals surface area contributed by atoms with Crippen molar-refractivity contribution in [1.29, 1.82) is 0 Å². The normalized spacial score (nSPS) is 19.0. The van der Waals surface area contributed by atoms with Gasteiger partial charge >= 0.3 is 6.09 Å². The maximum Gasteiger partial charge on any atom is 0.410 e. The van der Waals surface area contributed by atoms with Crippen LogP contribution < -0.4 is 5.32 Å². The molecule has 1 saturated heterocycles. The van der Waals surface area contributed by atoms with Crippen LogP contribution in [0.1, 0.15) is 38.6 Å². The molecule has 0 aromatic carbocycles. The third kappa shape index (κ3) is 3.68. The fourth-order valence-electron chi connectivity index (χ4n) is 2.56. The van der Waals surface area contributed by atoms with E-state index in [1.54, 1.807) is 4.90 Å². The molecule has 6 nitrogen and oxygen atoms in total. The van der Waals surface area contributed by atoms with E-state index < -0.39 is 5.60 Å². The van der Waals surface area contributed by atoms with E-state index in [-0.39, 0.29) is 12.1 Å². The summed E-state index contributed by atoms with van der Waals surface area (Å²) in [5.41, 5.74) is 2.74. The number of ether oxygens (including phenoxy) is 1. The molecular formula is C15H26N4O2. The van der Waals surface area contributed by atoms with Crippen LogP contribution in [-0.2, 0) is 11.8 Å². The molecule has 118 valence electrons. The van der Waals surface area contributed by atoms with Crippen molar-refractivity contribution in [3.8, 4) is 0 Å². The van der Waals surface area contributed by atoms with E-state index >= 15 is 0 Å². The first-order chi connectivity index (χ1) is 9.67. The van der Waals surface area contributed by atoms with Crippen LogP contribution in [0.4, 0.5) is 10.5 Å². The number of amides is 1. The predicted molar refractivity (Wildman–Crippen MR) is 82.5 cm³/mol. The fourth-order valence-corrected chi connectivity index (χ4v) is 2.56. The van der Waals surface area contributed by atoms with Crippen LogP contribution in [-0.4, -0.2) is 45.5 Å². The molecule has 6 heteroatoms. The highest BCUT2D eigenvalue weighted by atomic mass is 16.6. The summed E-state index contributed by atoms with van der Waals surface area (Å²) in [7, 11) is 1.94. The summed E-state index contributed by atoms with van der Waals surface area (Å²) in [5.74, 6) is 0. The van der Waals surface area contributed by atoms with E-state index in [1.807, 2.05) is 46.3 Å². The molecule has 1 aromatic rings. The number of hydrogen-bond donors (Lipinski definition) is 1. The number of rotatable bonds is 2. The average molecular weight is 294 g/mol. The molecule has 1 unspecified atom stereocenters. The van der Waals surface area contributed by atoms with E-state index in [4.69, 9.17) is 4.74 Å². The van der Waals surface area contributed by atoms with Gasteiger partial charge in [0, 0.05) is 26.2 Å². The van der Waals surface area contributed by atoms with E-state index in [1.165, 1.54) is 0 Å². The molecule has 1 amide bonds. The number of nitrogens with zero attached hydrogens (tertiary/aromatic N) is 3. The third-order valence-corrected chi connectivity index (χ3v) is 3.70. The smallest absolute Gasteiger partial charge is 0.410 e. The van der Waals surface area contributed by atoms with Crippen molar-refractivity contribution in [3.05, 3.63) is 11.4 Å². The molecule has 0 bridgehead atoms. The van der Waals surface area contributed by atoms with E-state index in [0.29, 0.717) is 6.54 Å². The molecule has 1 N–H and O–H groups in total. The standard InChI is InChI=1S/C15H26N4O2/c1-10-13(11(2)18(6)17-10)16-12-7-8-19(9-12)14(20)21-15(3,4)5/h12,16H,7-9H2,1-6H3. The molecule has 1 aliphatic heterocycles. The second kappa shape index (κ2) is 5.58. The minimum atomic E-state index is -0.445. The summed E-state index contributed by atoms with van der Waals surface area (Å²) < 4.78 is 7.29. The second-order valence-corrected chi connectivity index (χ2v) is 6.73. The summed E-state index contributed by atoms with van der Waals surface area (Å²) in [4.78, 5) is 13.8. The van der Waals surface area contributed by atoms with Gasteiger partial charge in [0.1, 0.15) is 5.60 Å². The highest BCUT2D eigenvalue weighted by molar-refractivity contribution is 5.68. The molecule has 2 heterocycles. The Hall–Kier alpha value is -1.72. The van der Waals surface area contributed by atoms with Crippen LogP contribution in [0.5, 0.6) is 0 Å². The lowest BCUT2D eigenvalue weighted by molar-refractivity contribution is 0.0293. The fraction of sp³-hybridized carbons (Fsp3) is 0.733. The molecule has 21 heavy (non-hydrogen) atoms. The predicted octanol–water partition coefficient (Wildman–Crippen LogP) is 2.46. The number of likely N-dealkylation sites (tertiary alicyclic amines) is 1. The van der Waals surface area contributed by atoms with Crippen molar-refractivity contribution < 1.29 is 9.53 Å². The van der Waals surface area contributed by atoms with Crippen molar-refractivity contribution in [2.24, 2.45) is 7.05 Å². The zero-order valence-corrected chi connectivity index (χ0v) is 13.9. The van der Waals surface area contributed by atoms with Gasteiger partial charge in [0.25, 0.3) is 0 Å². The van der Waals surface area contributed by atoms with Crippen LogP contribution in [0.25, 0.3) is 0 Å². The Morgan fingerprint density at radius 3 is 2.57 bits per heavy atom. The van der Waals surface area contributed by atoms with E-state index in [9.17, 15) is 4.79 Å². The van der Waals surface area contributed by atoms with Gasteiger partial charge < -0.3 is 15.0 Å². The SMILES string of the molecule is Cc1nn(C)c(C)c1NC1CCN(C(=O)OC(C)(C)C)C1. The second-order valence-electron chi connectivity index (χ2n) is 6.73. The lowest BCUT2D eigenvalue weighted by atomic mass is 10.2. The number of nitrogens with one attached hydrogen (secondary N) is 1. The van der Waals surface area contributed by atoms with Gasteiger partial charge in [-0.05, 0) is 41.0 Å². The number of anilines is 1. The minimum Gasteiger partial charge on any atom is -0.444 e. The van der Waals surface area contributed by atoms with Gasteiger partial charge in [0.15, 0.2) is 0 Å². The molecule has 0 aliphatic carbocycles. The Labute approximate surface area is 126 Å². The molecule has 1 fully saturated rings. The number of hydrogen-bond acceptors (Lipinski definition) is 4. The molecule has 1 aromatic heterocycles. The van der Waals surface area contributed by atoms with Crippen molar-refractivity contribution >= 4 is 11.8 Å². The van der Waals surface area contributed by atoms with Gasteiger partial charge in [0.05, 0.1) is 17.1 Å². The first-order valence-corrected chi connectivity index (χ1v) is 7.42. The topological polar surface area (TPSA) is 59.4 Å². The maximum absolute atomic E-state index is 12.1. The Bertz CT molecular complexity index is 531. The number of aromatic nitrogens is 2. The third-order valence-electron chi connectivity index (χ3n) is 3.70. The summed E-state index contributed by atoms with van der Waals surface area (Å²) >= 11 is 0. The summed E-state index contributed by atoms with van der Waals surface area (Å²) in [6, 6.07) is 0.249. The Balaban J connectivity index is 1.95. The van der Waals surface area contributed by atoms with Crippen LogP contribution >= 0.6 is 0 Å². The number of carbonyl (C=O) groups is 1. The summed E-state index contributed by atoms with van der Waals surface area (Å²) in [6.45, 7) is 11.1. The largest absolute Gasteiger partial charge is 0.444 e. The molecule has 0 saturated carbocycles. The molecule has 2 rings (SSSR count).